The molecule has 0 radical (unpaired) electrons. The number of ether oxygens (including phenoxy) is 2. The molecule has 2 rings (SSSR count). The zero-order valence-corrected chi connectivity index (χ0v) is 11.2. The van der Waals surface area contributed by atoms with E-state index in [0.29, 0.717) is 24.5 Å². The Morgan fingerprint density at radius 3 is 2.65 bits per heavy atom. The molecule has 1 unspecified atom stereocenters. The third-order valence-electron chi connectivity index (χ3n) is 3.17. The smallest absolute Gasteiger partial charge is 0.341 e. The number of rotatable bonds is 5. The number of hydrogen-bond acceptors (Lipinski definition) is 4. The van der Waals surface area contributed by atoms with E-state index in [9.17, 15) is 9.59 Å². The van der Waals surface area contributed by atoms with Gasteiger partial charge in [0.1, 0.15) is 11.4 Å². The molecule has 108 valence electrons. The van der Waals surface area contributed by atoms with Crippen molar-refractivity contribution in [1.29, 1.82) is 0 Å². The summed E-state index contributed by atoms with van der Waals surface area (Å²) in [6, 6.07) is 6.54. The highest BCUT2D eigenvalue weighted by Gasteiger charge is 2.37. The molecule has 2 N–H and O–H groups in total. The zero-order chi connectivity index (χ0) is 14.6. The quantitative estimate of drug-likeness (QED) is 0.856. The molecule has 20 heavy (non-hydrogen) atoms. The van der Waals surface area contributed by atoms with Gasteiger partial charge in [-0.25, -0.2) is 4.79 Å². The fourth-order valence-electron chi connectivity index (χ4n) is 2.00. The number of nitrogens with one attached hydrogen (secondary N) is 1. The lowest BCUT2D eigenvalue weighted by Crippen LogP contribution is -2.39. The van der Waals surface area contributed by atoms with E-state index in [-0.39, 0.29) is 5.91 Å². The van der Waals surface area contributed by atoms with Crippen molar-refractivity contribution in [3.05, 3.63) is 24.3 Å². The van der Waals surface area contributed by atoms with Gasteiger partial charge in [0.25, 0.3) is 5.91 Å². The third kappa shape index (κ3) is 3.48. The van der Waals surface area contributed by atoms with Gasteiger partial charge in [-0.05, 0) is 44.0 Å². The highest BCUT2D eigenvalue weighted by atomic mass is 16.5. The van der Waals surface area contributed by atoms with Crippen molar-refractivity contribution in [2.45, 2.75) is 25.4 Å². The van der Waals surface area contributed by atoms with E-state index in [1.807, 2.05) is 0 Å². The summed E-state index contributed by atoms with van der Waals surface area (Å²) in [6.45, 7) is 1.99. The number of amides is 1. The molecule has 0 spiro atoms. The van der Waals surface area contributed by atoms with Crippen LogP contribution in [0.15, 0.2) is 24.3 Å². The van der Waals surface area contributed by atoms with Crippen LogP contribution in [0.5, 0.6) is 5.75 Å². The summed E-state index contributed by atoms with van der Waals surface area (Å²) >= 11 is 0. The van der Waals surface area contributed by atoms with E-state index in [2.05, 4.69) is 5.32 Å². The van der Waals surface area contributed by atoms with Gasteiger partial charge < -0.3 is 19.9 Å². The minimum Gasteiger partial charge on any atom is -0.482 e. The molecule has 6 nitrogen and oxygen atoms in total. The molecule has 1 atom stereocenters. The fourth-order valence-corrected chi connectivity index (χ4v) is 2.00. The van der Waals surface area contributed by atoms with Crippen LogP contribution in [-0.2, 0) is 14.3 Å². The second-order valence-corrected chi connectivity index (χ2v) is 4.84. The second kappa shape index (κ2) is 5.92. The maximum Gasteiger partial charge on any atom is 0.341 e. The van der Waals surface area contributed by atoms with Gasteiger partial charge in [0.2, 0.25) is 0 Å². The summed E-state index contributed by atoms with van der Waals surface area (Å²) < 4.78 is 10.5. The highest BCUT2D eigenvalue weighted by molar-refractivity contribution is 5.97. The van der Waals surface area contributed by atoms with Crippen LogP contribution in [0.3, 0.4) is 0 Å². The van der Waals surface area contributed by atoms with Gasteiger partial charge in [-0.15, -0.1) is 0 Å². The Bertz CT molecular complexity index is 491. The van der Waals surface area contributed by atoms with E-state index >= 15 is 0 Å². The van der Waals surface area contributed by atoms with Crippen LogP contribution in [0.25, 0.3) is 0 Å². The van der Waals surface area contributed by atoms with Crippen molar-refractivity contribution in [3.8, 4) is 5.75 Å². The molecular formula is C14H17NO5. The van der Waals surface area contributed by atoms with Gasteiger partial charge in [0.15, 0.2) is 6.61 Å². The molecule has 1 saturated heterocycles. The molecule has 6 heteroatoms. The Hall–Kier alpha value is -2.08. The Morgan fingerprint density at radius 1 is 1.40 bits per heavy atom. The van der Waals surface area contributed by atoms with Gasteiger partial charge >= 0.3 is 5.97 Å². The Labute approximate surface area is 116 Å². The number of anilines is 1. The summed E-state index contributed by atoms with van der Waals surface area (Å²) in [5.41, 5.74) is -0.146. The molecule has 0 aromatic heterocycles. The molecule has 1 aliphatic heterocycles. The normalized spacial score (nSPS) is 21.4. The maximum absolute atomic E-state index is 12.1. The first kappa shape index (κ1) is 14.3. The SMILES string of the molecule is CC1(C(=O)Nc2ccc(OCC(=O)O)cc2)CCCO1. The van der Waals surface area contributed by atoms with Gasteiger partial charge in [-0.2, -0.15) is 0 Å². The molecule has 1 aromatic carbocycles. The van der Waals surface area contributed by atoms with Crippen molar-refractivity contribution in [2.24, 2.45) is 0 Å². The largest absolute Gasteiger partial charge is 0.482 e. The molecule has 1 aliphatic rings. The molecule has 0 aliphatic carbocycles. The van der Waals surface area contributed by atoms with Gasteiger partial charge in [-0.1, -0.05) is 0 Å². The van der Waals surface area contributed by atoms with Gasteiger partial charge in [0.05, 0.1) is 0 Å². The number of carbonyl (C=O) groups is 2. The number of aliphatic carboxylic acids is 1. The Balaban J connectivity index is 1.93. The lowest BCUT2D eigenvalue weighted by molar-refractivity contribution is -0.139. The van der Waals surface area contributed by atoms with Crippen molar-refractivity contribution < 1.29 is 24.2 Å². The minimum absolute atomic E-state index is 0.172. The number of carboxylic acid groups (broad SMARTS) is 1. The van der Waals surface area contributed by atoms with E-state index < -0.39 is 18.2 Å². The lowest BCUT2D eigenvalue weighted by atomic mass is 10.0. The van der Waals surface area contributed by atoms with Crippen LogP contribution in [0.1, 0.15) is 19.8 Å². The predicted octanol–water partition coefficient (Wildman–Crippen LogP) is 1.66. The maximum atomic E-state index is 12.1. The molecule has 1 aromatic rings. The van der Waals surface area contributed by atoms with Crippen LogP contribution < -0.4 is 10.1 Å². The lowest BCUT2D eigenvalue weighted by Gasteiger charge is -2.21. The second-order valence-electron chi connectivity index (χ2n) is 4.84. The molecule has 1 fully saturated rings. The minimum atomic E-state index is -1.03. The van der Waals surface area contributed by atoms with Crippen LogP contribution >= 0.6 is 0 Å². The third-order valence-corrected chi connectivity index (χ3v) is 3.17. The molecule has 1 heterocycles. The van der Waals surface area contributed by atoms with E-state index in [0.717, 1.165) is 6.42 Å². The van der Waals surface area contributed by atoms with E-state index in [4.69, 9.17) is 14.6 Å². The van der Waals surface area contributed by atoms with E-state index in [1.165, 1.54) is 0 Å². The summed E-state index contributed by atoms with van der Waals surface area (Å²) in [7, 11) is 0. The fraction of sp³-hybridized carbons (Fsp3) is 0.429. The van der Waals surface area contributed by atoms with Gasteiger partial charge in [-0.3, -0.25) is 4.79 Å². The molecule has 0 saturated carbocycles. The molecular weight excluding hydrogens is 262 g/mol. The topological polar surface area (TPSA) is 84.9 Å². The Morgan fingerprint density at radius 2 is 2.10 bits per heavy atom. The average Bonchev–Trinajstić information content (AvgIpc) is 2.86. The van der Waals surface area contributed by atoms with Gasteiger partial charge in [0, 0.05) is 12.3 Å². The summed E-state index contributed by atoms with van der Waals surface area (Å²) in [4.78, 5) is 22.5. The predicted molar refractivity (Wildman–Crippen MR) is 71.8 cm³/mol. The summed E-state index contributed by atoms with van der Waals surface area (Å²) in [5, 5.41) is 11.3. The first-order valence-electron chi connectivity index (χ1n) is 6.40. The molecule has 0 bridgehead atoms. The number of carbonyl (C=O) groups excluding carboxylic acids is 1. The number of benzene rings is 1. The summed E-state index contributed by atoms with van der Waals surface area (Å²) in [5.74, 6) is -0.767. The highest BCUT2D eigenvalue weighted by Crippen LogP contribution is 2.27. The number of hydrogen-bond donors (Lipinski definition) is 2. The van der Waals surface area contributed by atoms with Crippen molar-refractivity contribution in [3.63, 3.8) is 0 Å². The number of carboxylic acids is 1. The standard InChI is InChI=1S/C14H17NO5/c1-14(7-2-8-20-14)13(18)15-10-3-5-11(6-4-10)19-9-12(16)17/h3-6H,2,7-9H2,1H3,(H,15,18)(H,16,17). The van der Waals surface area contributed by atoms with Crippen molar-refractivity contribution in [2.75, 3.05) is 18.5 Å². The van der Waals surface area contributed by atoms with Crippen LogP contribution in [0, 0.1) is 0 Å². The van der Waals surface area contributed by atoms with E-state index in [1.54, 1.807) is 31.2 Å². The zero-order valence-electron chi connectivity index (χ0n) is 11.2. The first-order valence-corrected chi connectivity index (χ1v) is 6.40. The van der Waals surface area contributed by atoms with Crippen LogP contribution in [0.2, 0.25) is 0 Å². The van der Waals surface area contributed by atoms with Crippen LogP contribution in [-0.4, -0.2) is 35.8 Å². The Kier molecular flexibility index (Phi) is 4.24. The first-order chi connectivity index (χ1) is 9.49. The molecule has 1 amide bonds. The monoisotopic (exact) mass is 279 g/mol. The average molecular weight is 279 g/mol. The van der Waals surface area contributed by atoms with Crippen LogP contribution in [0.4, 0.5) is 5.69 Å². The summed E-state index contributed by atoms with van der Waals surface area (Å²) in [6.07, 6.45) is 1.59. The van der Waals surface area contributed by atoms with Crippen molar-refractivity contribution in [1.82, 2.24) is 0 Å². The van der Waals surface area contributed by atoms with Crippen molar-refractivity contribution >= 4 is 17.6 Å².